The lowest BCUT2D eigenvalue weighted by molar-refractivity contribution is -0.384. The van der Waals surface area contributed by atoms with Gasteiger partial charge in [-0.15, -0.1) is 0 Å². The van der Waals surface area contributed by atoms with Crippen molar-refractivity contribution in [2.24, 2.45) is 0 Å². The fourth-order valence-electron chi connectivity index (χ4n) is 5.53. The Morgan fingerprint density at radius 3 is 2.39 bits per heavy atom. The van der Waals surface area contributed by atoms with Crippen molar-refractivity contribution in [3.63, 3.8) is 0 Å². The van der Waals surface area contributed by atoms with E-state index in [2.05, 4.69) is 0 Å². The van der Waals surface area contributed by atoms with Crippen molar-refractivity contribution < 1.29 is 18.0 Å². The quantitative estimate of drug-likeness (QED) is 0.354. The number of rotatable bonds is 4. The Balaban J connectivity index is 2.22. The Kier molecular flexibility index (Phi) is 4.79. The molecule has 0 bridgehead atoms. The minimum absolute atomic E-state index is 0.0563. The SMILES string of the molecule is CCC1=C(C)C2=C(c3cccc([N+](=O)[O-])c3)c3c(C)c(CC)c(C)n3[B-](F)(F)[N+]2=C1C. The fraction of sp³-hybridized carbons (Fsp3) is 0.348. The van der Waals surface area contributed by atoms with Gasteiger partial charge in [0.2, 0.25) is 0 Å². The van der Waals surface area contributed by atoms with E-state index in [9.17, 15) is 10.1 Å². The predicted octanol–water partition coefficient (Wildman–Crippen LogP) is 5.78. The lowest BCUT2D eigenvalue weighted by Crippen LogP contribution is -2.51. The third kappa shape index (κ3) is 2.70. The molecule has 2 aliphatic heterocycles. The number of hydrogen-bond donors (Lipinski definition) is 0. The van der Waals surface area contributed by atoms with Crippen LogP contribution in [0.25, 0.3) is 5.57 Å². The molecular weight excluding hydrogens is 399 g/mol. The Hall–Kier alpha value is -3.03. The van der Waals surface area contributed by atoms with E-state index in [4.69, 9.17) is 0 Å². The summed E-state index contributed by atoms with van der Waals surface area (Å²) in [5.74, 6) is 0. The second-order valence-electron chi connectivity index (χ2n) is 8.29. The Bertz CT molecular complexity index is 1250. The van der Waals surface area contributed by atoms with Crippen molar-refractivity contribution >= 4 is 23.9 Å². The number of nitro groups is 1. The van der Waals surface area contributed by atoms with Crippen molar-refractivity contribution in [3.8, 4) is 0 Å². The topological polar surface area (TPSA) is 51.1 Å². The maximum absolute atomic E-state index is 16.1. The van der Waals surface area contributed by atoms with Crippen LogP contribution in [0.5, 0.6) is 0 Å². The number of fused-ring (bicyclic) bond motifs is 2. The first-order valence-corrected chi connectivity index (χ1v) is 10.6. The summed E-state index contributed by atoms with van der Waals surface area (Å²) < 4.78 is 34.6. The van der Waals surface area contributed by atoms with Gasteiger partial charge in [-0.3, -0.25) is 10.1 Å². The summed E-state index contributed by atoms with van der Waals surface area (Å²) in [5, 5.41) is 11.4. The van der Waals surface area contributed by atoms with Gasteiger partial charge in [0.15, 0.2) is 5.70 Å². The van der Waals surface area contributed by atoms with Gasteiger partial charge < -0.3 is 17.6 Å². The molecule has 0 saturated heterocycles. The summed E-state index contributed by atoms with van der Waals surface area (Å²) in [7, 11) is 0. The average Bonchev–Trinajstić information content (AvgIpc) is 3.13. The maximum atomic E-state index is 16.1. The Morgan fingerprint density at radius 1 is 1.13 bits per heavy atom. The van der Waals surface area contributed by atoms with Crippen LogP contribution in [0.4, 0.5) is 14.3 Å². The molecule has 8 heteroatoms. The number of nitrogens with zero attached hydrogens (tertiary/aromatic N) is 3. The minimum Gasteiger partial charge on any atom is -0.393 e. The molecule has 2 aromatic rings. The van der Waals surface area contributed by atoms with Gasteiger partial charge in [-0.2, -0.15) is 0 Å². The van der Waals surface area contributed by atoms with Crippen LogP contribution >= 0.6 is 0 Å². The summed E-state index contributed by atoms with van der Waals surface area (Å²) in [4.78, 5) is 11.0. The summed E-state index contributed by atoms with van der Waals surface area (Å²) in [6.07, 6.45) is 1.28. The van der Waals surface area contributed by atoms with Crippen molar-refractivity contribution in [1.82, 2.24) is 4.48 Å². The minimum atomic E-state index is -4.10. The van der Waals surface area contributed by atoms with Crippen LogP contribution in [0.3, 0.4) is 0 Å². The molecular formula is C23H26BF2N3O2. The molecule has 0 saturated carbocycles. The molecule has 4 rings (SSSR count). The van der Waals surface area contributed by atoms with Crippen LogP contribution in [0.1, 0.15) is 62.2 Å². The van der Waals surface area contributed by atoms with E-state index in [1.807, 2.05) is 27.7 Å². The smallest absolute Gasteiger partial charge is 0.393 e. The monoisotopic (exact) mass is 425 g/mol. The fourth-order valence-corrected chi connectivity index (χ4v) is 5.53. The van der Waals surface area contributed by atoms with E-state index in [-0.39, 0.29) is 5.69 Å². The molecule has 0 atom stereocenters. The van der Waals surface area contributed by atoms with Gasteiger partial charge in [-0.25, -0.2) is 0 Å². The van der Waals surface area contributed by atoms with E-state index < -0.39 is 11.9 Å². The summed E-state index contributed by atoms with van der Waals surface area (Å²) in [6, 6.07) is 6.30. The number of allylic oxidation sites excluding steroid dienone is 2. The highest BCUT2D eigenvalue weighted by Crippen LogP contribution is 2.47. The van der Waals surface area contributed by atoms with Crippen molar-refractivity contribution in [2.45, 2.75) is 54.4 Å². The highest BCUT2D eigenvalue weighted by molar-refractivity contribution is 6.58. The molecule has 3 heterocycles. The van der Waals surface area contributed by atoms with Crippen LogP contribution in [-0.4, -0.2) is 26.6 Å². The molecule has 0 unspecified atom stereocenters. The van der Waals surface area contributed by atoms with E-state index in [0.29, 0.717) is 46.8 Å². The number of hydrogen-bond acceptors (Lipinski definition) is 2. The third-order valence-corrected chi connectivity index (χ3v) is 6.84. The van der Waals surface area contributed by atoms with Gasteiger partial charge in [-0.05, 0) is 56.0 Å². The second-order valence-corrected chi connectivity index (χ2v) is 8.29. The number of halogens is 2. The van der Waals surface area contributed by atoms with Gasteiger partial charge in [0, 0.05) is 35.9 Å². The third-order valence-electron chi connectivity index (χ3n) is 6.84. The zero-order chi connectivity index (χ0) is 22.8. The maximum Gasteiger partial charge on any atom is 0.737 e. The van der Waals surface area contributed by atoms with Crippen LogP contribution < -0.4 is 0 Å². The lowest BCUT2D eigenvalue weighted by atomic mass is 9.83. The van der Waals surface area contributed by atoms with E-state index >= 15 is 8.63 Å². The Morgan fingerprint density at radius 2 is 1.81 bits per heavy atom. The van der Waals surface area contributed by atoms with Crippen LogP contribution in [0.15, 0.2) is 41.1 Å². The molecule has 0 radical (unpaired) electrons. The number of nitro benzene ring substituents is 1. The molecule has 5 nitrogen and oxygen atoms in total. The molecule has 1 aromatic carbocycles. The summed E-state index contributed by atoms with van der Waals surface area (Å²) in [5.41, 5.74) is 6.62. The first-order chi connectivity index (χ1) is 14.6. The molecule has 0 spiro atoms. The molecule has 0 fully saturated rings. The number of aromatic nitrogens is 1. The summed E-state index contributed by atoms with van der Waals surface area (Å²) in [6.45, 7) is 7.07. The first kappa shape index (κ1) is 21.2. The molecule has 0 aliphatic carbocycles. The highest BCUT2D eigenvalue weighted by atomic mass is 19.2. The molecule has 1 aromatic heterocycles. The lowest BCUT2D eigenvalue weighted by Gasteiger charge is -2.34. The molecule has 2 aliphatic rings. The van der Waals surface area contributed by atoms with E-state index in [1.165, 1.54) is 21.1 Å². The first-order valence-electron chi connectivity index (χ1n) is 10.6. The Labute approximate surface area is 180 Å². The van der Waals surface area contributed by atoms with Gasteiger partial charge in [0.1, 0.15) is 5.71 Å². The predicted molar refractivity (Wildman–Crippen MR) is 120 cm³/mol. The molecule has 162 valence electrons. The molecule has 0 N–H and O–H groups in total. The van der Waals surface area contributed by atoms with Gasteiger partial charge in [-0.1, -0.05) is 26.0 Å². The second kappa shape index (κ2) is 7.00. The number of benzene rings is 1. The van der Waals surface area contributed by atoms with Crippen LogP contribution in [0, 0.1) is 24.0 Å². The van der Waals surface area contributed by atoms with E-state index in [0.717, 1.165) is 22.3 Å². The van der Waals surface area contributed by atoms with Gasteiger partial charge >= 0.3 is 6.97 Å². The average molecular weight is 425 g/mol. The normalized spacial score (nSPS) is 17.4. The van der Waals surface area contributed by atoms with Crippen molar-refractivity contribution in [1.29, 1.82) is 0 Å². The summed E-state index contributed by atoms with van der Waals surface area (Å²) >= 11 is 0. The molecule has 0 amide bonds. The van der Waals surface area contributed by atoms with Crippen molar-refractivity contribution in [3.05, 3.63) is 79.3 Å². The number of non-ortho nitro benzene ring substituents is 1. The highest BCUT2D eigenvalue weighted by Gasteiger charge is 2.56. The zero-order valence-corrected chi connectivity index (χ0v) is 18.7. The van der Waals surface area contributed by atoms with Gasteiger partial charge in [0.25, 0.3) is 5.69 Å². The van der Waals surface area contributed by atoms with Gasteiger partial charge in [0.05, 0.1) is 10.5 Å². The van der Waals surface area contributed by atoms with Crippen LogP contribution in [0.2, 0.25) is 0 Å². The largest absolute Gasteiger partial charge is 0.737 e. The standard InChI is InChI=1S/C23H26BF2N3O2/c1-7-19-13(3)22-21(17-10-9-11-18(12-17)29(30)31)23-14(4)20(8-2)16(6)28(23)24(25,26)27(22)15(19)5/h9-12H,7-8H2,1-6H3. The van der Waals surface area contributed by atoms with Crippen LogP contribution in [-0.2, 0) is 6.42 Å². The zero-order valence-electron chi connectivity index (χ0n) is 18.7. The molecule has 31 heavy (non-hydrogen) atoms. The van der Waals surface area contributed by atoms with E-state index in [1.54, 1.807) is 26.0 Å². The van der Waals surface area contributed by atoms with Crippen molar-refractivity contribution in [2.75, 3.05) is 0 Å².